The molecular formula is C32H27N3O4S. The summed E-state index contributed by atoms with van der Waals surface area (Å²) in [4.78, 5) is 13.9. The number of hydrogen-bond donors (Lipinski definition) is 5. The highest BCUT2D eigenvalue weighted by atomic mass is 32.2. The predicted molar refractivity (Wildman–Crippen MR) is 158 cm³/mol. The van der Waals surface area contributed by atoms with E-state index < -0.39 is 24.4 Å². The minimum atomic E-state index is -1.19. The smallest absolute Gasteiger partial charge is 0.128 e. The van der Waals surface area contributed by atoms with E-state index in [1.165, 1.54) is 0 Å². The Bertz CT molecular complexity index is 1770. The predicted octanol–water partition coefficient (Wildman–Crippen LogP) is 2.05. The second-order valence-corrected chi connectivity index (χ2v) is 11.5. The molecule has 0 spiro atoms. The van der Waals surface area contributed by atoms with E-state index in [1.807, 2.05) is 78.9 Å². The Kier molecular flexibility index (Phi) is 6.30. The van der Waals surface area contributed by atoms with Gasteiger partial charge in [-0.2, -0.15) is 0 Å². The lowest BCUT2D eigenvalue weighted by Crippen LogP contribution is -2.32. The molecule has 8 heteroatoms. The maximum Gasteiger partial charge on any atom is 0.128 e. The Morgan fingerprint density at radius 2 is 1.43 bits per heavy atom. The van der Waals surface area contributed by atoms with Crippen molar-refractivity contribution in [1.82, 2.24) is 4.98 Å². The van der Waals surface area contributed by atoms with Crippen LogP contribution in [0.2, 0.25) is 0 Å². The molecular weight excluding hydrogens is 522 g/mol. The first kappa shape index (κ1) is 25.2. The molecule has 0 aliphatic carbocycles. The van der Waals surface area contributed by atoms with Crippen LogP contribution < -0.4 is 10.7 Å². The molecule has 8 bridgehead atoms. The zero-order valence-electron chi connectivity index (χ0n) is 21.3. The molecule has 0 fully saturated rings. The number of aliphatic hydroxyl groups is 4. The van der Waals surface area contributed by atoms with Crippen LogP contribution in [0.15, 0.2) is 111 Å². The maximum absolute atomic E-state index is 11.2. The number of aliphatic imine (C=N–C) groups is 2. The van der Waals surface area contributed by atoms with Crippen molar-refractivity contribution in [1.29, 1.82) is 0 Å². The highest BCUT2D eigenvalue weighted by molar-refractivity contribution is 8.04. The number of benzene rings is 2. The lowest BCUT2D eigenvalue weighted by Gasteiger charge is -2.16. The lowest BCUT2D eigenvalue weighted by atomic mass is 9.96. The minimum Gasteiger partial charge on any atom is -0.384 e. The Morgan fingerprint density at radius 1 is 0.725 bits per heavy atom. The number of aromatic nitrogens is 1. The van der Waals surface area contributed by atoms with Gasteiger partial charge in [0.1, 0.15) is 24.4 Å². The topological polar surface area (TPSA) is 121 Å². The molecule has 0 radical (unpaired) electrons. The highest BCUT2D eigenvalue weighted by Gasteiger charge is 2.38. The average Bonchev–Trinajstić information content (AvgIpc) is 3.74. The molecule has 4 aliphatic heterocycles. The molecule has 200 valence electrons. The van der Waals surface area contributed by atoms with Crippen LogP contribution in [0.5, 0.6) is 0 Å². The van der Waals surface area contributed by atoms with Crippen LogP contribution in [0.1, 0.15) is 17.5 Å². The summed E-state index contributed by atoms with van der Waals surface area (Å²) in [6.07, 6.45) is 1.71. The van der Waals surface area contributed by atoms with Gasteiger partial charge in [0, 0.05) is 32.0 Å². The van der Waals surface area contributed by atoms with Crippen LogP contribution in [0.25, 0.3) is 17.2 Å². The lowest BCUT2D eigenvalue weighted by molar-refractivity contribution is 0.0933. The van der Waals surface area contributed by atoms with E-state index in [-0.39, 0.29) is 5.25 Å². The standard InChI is InChI=1S/C32H27N3O4S/c36-29-22-15-19-11-13-21(33-19)25(17-7-3-1-4-8-17)27-31(38)30(37)23(35-27)16-20-12-14-24(40-20)26(28(34-22)32(29)39)18-9-5-2-6-10-18/h1-11,13-16,20,29-33,36-39H,12H2/b19-15-,23-16-,25-21-,28-26-. The van der Waals surface area contributed by atoms with Crippen molar-refractivity contribution in [3.8, 4) is 0 Å². The van der Waals surface area contributed by atoms with Crippen LogP contribution in [0, 0.1) is 0 Å². The van der Waals surface area contributed by atoms with Gasteiger partial charge >= 0.3 is 0 Å². The molecule has 4 aliphatic rings. The van der Waals surface area contributed by atoms with E-state index in [2.05, 4.69) is 11.1 Å². The van der Waals surface area contributed by atoms with Crippen LogP contribution in [-0.4, -0.2) is 66.5 Å². The summed E-state index contributed by atoms with van der Waals surface area (Å²) in [6, 6.07) is 23.1. The van der Waals surface area contributed by atoms with Crippen molar-refractivity contribution in [3.63, 3.8) is 0 Å². The van der Waals surface area contributed by atoms with Crippen molar-refractivity contribution in [2.75, 3.05) is 0 Å². The van der Waals surface area contributed by atoms with Crippen molar-refractivity contribution < 1.29 is 20.4 Å². The van der Waals surface area contributed by atoms with Gasteiger partial charge in [-0.05, 0) is 41.8 Å². The number of hydrogen-bond acceptors (Lipinski definition) is 7. The number of thioether (sulfide) groups is 1. The van der Waals surface area contributed by atoms with Gasteiger partial charge in [0.2, 0.25) is 0 Å². The van der Waals surface area contributed by atoms with Gasteiger partial charge in [-0.1, -0.05) is 66.7 Å². The maximum atomic E-state index is 11.2. The molecule has 40 heavy (non-hydrogen) atoms. The summed E-state index contributed by atoms with van der Waals surface area (Å²) in [5.41, 5.74) is 4.79. The Morgan fingerprint density at radius 3 is 2.15 bits per heavy atom. The van der Waals surface area contributed by atoms with Gasteiger partial charge in [-0.3, -0.25) is 9.98 Å². The molecule has 7 rings (SSSR count). The number of nitrogens with one attached hydrogen (secondary N) is 1. The molecule has 5 N–H and O–H groups in total. The number of H-pyrrole nitrogens is 1. The van der Waals surface area contributed by atoms with Gasteiger partial charge in [0.05, 0.1) is 22.8 Å². The molecule has 5 unspecified atom stereocenters. The van der Waals surface area contributed by atoms with E-state index >= 15 is 0 Å². The van der Waals surface area contributed by atoms with E-state index in [4.69, 9.17) is 9.98 Å². The molecule has 0 amide bonds. The number of allylic oxidation sites excluding steroid dienone is 2. The summed E-state index contributed by atoms with van der Waals surface area (Å²) in [5, 5.41) is 45.8. The summed E-state index contributed by atoms with van der Waals surface area (Å²) in [7, 11) is 0. The third-order valence-electron chi connectivity index (χ3n) is 7.60. The minimum absolute atomic E-state index is 0.0436. The van der Waals surface area contributed by atoms with E-state index in [1.54, 1.807) is 17.8 Å². The molecule has 0 saturated heterocycles. The average molecular weight is 550 g/mol. The van der Waals surface area contributed by atoms with Gasteiger partial charge in [0.25, 0.3) is 0 Å². The number of fused-ring (bicyclic) bond motifs is 6. The fourth-order valence-electron chi connectivity index (χ4n) is 5.63. The molecule has 0 saturated carbocycles. The van der Waals surface area contributed by atoms with Gasteiger partial charge < -0.3 is 25.4 Å². The monoisotopic (exact) mass is 549 g/mol. The number of nitrogens with zero attached hydrogens (tertiary/aromatic N) is 2. The van der Waals surface area contributed by atoms with Crippen LogP contribution in [0.4, 0.5) is 0 Å². The van der Waals surface area contributed by atoms with Gasteiger partial charge in [-0.25, -0.2) is 0 Å². The highest BCUT2D eigenvalue weighted by Crippen LogP contribution is 2.45. The number of rotatable bonds is 2. The van der Waals surface area contributed by atoms with E-state index in [0.29, 0.717) is 45.5 Å². The zero-order chi connectivity index (χ0) is 27.4. The zero-order valence-corrected chi connectivity index (χ0v) is 22.2. The Balaban J connectivity index is 1.50. The Hall–Kier alpha value is -3.79. The summed E-state index contributed by atoms with van der Waals surface area (Å²) in [5.74, 6) is 0. The second kappa shape index (κ2) is 9.99. The molecule has 3 aromatic rings. The van der Waals surface area contributed by atoms with Gasteiger partial charge in [0.15, 0.2) is 0 Å². The van der Waals surface area contributed by atoms with Crippen molar-refractivity contribution in [2.45, 2.75) is 36.1 Å². The third kappa shape index (κ3) is 4.25. The molecule has 7 nitrogen and oxygen atoms in total. The first-order valence-corrected chi connectivity index (χ1v) is 14.1. The quantitative estimate of drug-likeness (QED) is 0.335. The number of aromatic amines is 1. The third-order valence-corrected chi connectivity index (χ3v) is 8.86. The molecule has 1 aromatic heterocycles. The molecule has 5 heterocycles. The fraction of sp³-hybridized carbons (Fsp3) is 0.188. The largest absolute Gasteiger partial charge is 0.384 e. The summed E-state index contributed by atoms with van der Waals surface area (Å²) < 4.78 is 0. The van der Waals surface area contributed by atoms with E-state index in [9.17, 15) is 20.4 Å². The van der Waals surface area contributed by atoms with Crippen molar-refractivity contribution >= 4 is 40.4 Å². The van der Waals surface area contributed by atoms with Gasteiger partial charge in [-0.15, -0.1) is 11.8 Å². The summed E-state index contributed by atoms with van der Waals surface area (Å²) in [6.45, 7) is 0. The normalized spacial score (nSPS) is 33.0. The van der Waals surface area contributed by atoms with Crippen LogP contribution >= 0.6 is 11.8 Å². The van der Waals surface area contributed by atoms with Crippen molar-refractivity contribution in [3.05, 3.63) is 123 Å². The van der Waals surface area contributed by atoms with Crippen molar-refractivity contribution in [2.24, 2.45) is 9.98 Å². The first-order valence-electron chi connectivity index (χ1n) is 13.2. The molecule has 2 aromatic carbocycles. The second-order valence-electron chi connectivity index (χ2n) is 10.2. The van der Waals surface area contributed by atoms with Crippen LogP contribution in [-0.2, 0) is 0 Å². The van der Waals surface area contributed by atoms with Crippen LogP contribution in [0.3, 0.4) is 0 Å². The Labute approximate surface area is 234 Å². The molecule has 5 atom stereocenters. The number of aliphatic hydroxyl groups excluding tert-OH is 4. The van der Waals surface area contributed by atoms with E-state index in [0.717, 1.165) is 21.6 Å². The fourth-order valence-corrected chi connectivity index (χ4v) is 6.89. The first-order chi connectivity index (χ1) is 19.5. The SMILES string of the molecule is OC1C2=NC(=C\C3CC=C(S3)/C(c3ccccc3)=C3N=C(/C=c4/cc/c([nH]4)=C/2c2ccccc2)C(O)C\3O)/C1O. The summed E-state index contributed by atoms with van der Waals surface area (Å²) >= 11 is 1.59.